The smallest absolute Gasteiger partial charge is 0.472 e. The molecule has 0 aliphatic carbocycles. The van der Waals surface area contributed by atoms with Gasteiger partial charge in [0.25, 0.3) is 0 Å². The van der Waals surface area contributed by atoms with Crippen LogP contribution in [0.5, 0.6) is 0 Å². The third kappa shape index (κ3) is 9.65. The highest BCUT2D eigenvalue weighted by Crippen LogP contribution is 2.44. The molecule has 2 unspecified atom stereocenters. The second-order valence-corrected chi connectivity index (χ2v) is 11.0. The maximum absolute atomic E-state index is 12.2. The number of carbonyl (C=O) groups excluding carboxylic acids is 1. The van der Waals surface area contributed by atoms with E-state index in [1.54, 1.807) is 24.3 Å². The van der Waals surface area contributed by atoms with Gasteiger partial charge in [0.15, 0.2) is 12.0 Å². The first kappa shape index (κ1) is 31.1. The van der Waals surface area contributed by atoms with Crippen LogP contribution in [-0.2, 0) is 28.0 Å². The van der Waals surface area contributed by atoms with E-state index in [1.807, 2.05) is 13.8 Å². The molecule has 0 aliphatic rings. The third-order valence-corrected chi connectivity index (χ3v) is 7.16. The number of aliphatic carboxylic acids is 2. The van der Waals surface area contributed by atoms with E-state index in [2.05, 4.69) is 10.3 Å². The summed E-state index contributed by atoms with van der Waals surface area (Å²) in [5, 5.41) is 23.7. The number of amides is 1. The van der Waals surface area contributed by atoms with Crippen molar-refractivity contribution in [1.29, 1.82) is 0 Å². The minimum atomic E-state index is -4.65. The highest BCUT2D eigenvalue weighted by Gasteiger charge is 2.30. The molecule has 0 saturated heterocycles. The van der Waals surface area contributed by atoms with Crippen LogP contribution in [0.1, 0.15) is 26.3 Å². The Balaban J connectivity index is 2.26. The van der Waals surface area contributed by atoms with Gasteiger partial charge in [-0.05, 0) is 5.92 Å². The van der Waals surface area contributed by atoms with E-state index in [4.69, 9.17) is 20.5 Å². The van der Waals surface area contributed by atoms with Gasteiger partial charge in [0.2, 0.25) is 5.91 Å². The van der Waals surface area contributed by atoms with Crippen LogP contribution in [0, 0.1) is 5.92 Å². The number of thioether (sulfide) groups is 1. The van der Waals surface area contributed by atoms with Gasteiger partial charge in [-0.15, -0.1) is 11.8 Å². The van der Waals surface area contributed by atoms with E-state index in [0.717, 1.165) is 11.8 Å². The molecule has 0 spiro atoms. The number of benzene rings is 1. The van der Waals surface area contributed by atoms with Gasteiger partial charge in [0, 0.05) is 29.1 Å². The van der Waals surface area contributed by atoms with E-state index < -0.39 is 44.4 Å². The zero-order chi connectivity index (χ0) is 28.5. The van der Waals surface area contributed by atoms with E-state index in [0.29, 0.717) is 15.8 Å². The average Bonchev–Trinajstić information content (AvgIpc) is 3.16. The lowest BCUT2D eigenvalue weighted by molar-refractivity contribution is -0.142. The van der Waals surface area contributed by atoms with Crippen LogP contribution in [0.3, 0.4) is 0 Å². The monoisotopic (exact) mass is 573 g/mol. The first-order valence-electron chi connectivity index (χ1n) is 11.4. The lowest BCUT2D eigenvalue weighted by Crippen LogP contribution is -2.43. The van der Waals surface area contributed by atoms with Gasteiger partial charge in [-0.3, -0.25) is 18.8 Å². The van der Waals surface area contributed by atoms with E-state index in [9.17, 15) is 34.1 Å². The molecule has 0 bridgehead atoms. The Morgan fingerprint density at radius 2 is 1.84 bits per heavy atom. The van der Waals surface area contributed by atoms with Crippen LogP contribution in [0.25, 0.3) is 10.8 Å². The summed E-state index contributed by atoms with van der Waals surface area (Å²) in [5.41, 5.74) is 10.3. The molecule has 0 fully saturated rings. The molecule has 1 aromatic heterocycles. The van der Waals surface area contributed by atoms with Gasteiger partial charge in [-0.2, -0.15) is 0 Å². The zero-order valence-corrected chi connectivity index (χ0v) is 22.6. The number of carboxylic acids is 2. The number of rotatable bonds is 16. The number of phosphoric ester groups is 1. The normalized spacial score (nSPS) is 14.5. The molecule has 16 heteroatoms. The molecule has 0 aliphatic heterocycles. The second-order valence-electron chi connectivity index (χ2n) is 8.55. The Hall–Kier alpha value is -3.10. The number of fused-ring (bicyclic) bond motifs is 1. The fraction of sp³-hybridized carbons (Fsp3) is 0.455. The van der Waals surface area contributed by atoms with Crippen molar-refractivity contribution < 1.29 is 43.1 Å². The summed E-state index contributed by atoms with van der Waals surface area (Å²) in [7, 11) is -4.65. The van der Waals surface area contributed by atoms with Crippen LogP contribution < -0.4 is 16.8 Å². The van der Waals surface area contributed by atoms with Crippen molar-refractivity contribution in [1.82, 2.24) is 9.88 Å². The van der Waals surface area contributed by atoms with Crippen molar-refractivity contribution in [3.05, 3.63) is 30.5 Å². The SMILES string of the molecule is CC(C)CC(=O)N[C@@H](CSc1c2ccccc2cn1C(COP(=O)(O)OCCN=C(N)N)C(=O)O)C(=O)O. The fourth-order valence-corrected chi connectivity index (χ4v) is 5.24. The molecular weight excluding hydrogens is 541 g/mol. The van der Waals surface area contributed by atoms with E-state index in [1.165, 1.54) is 10.8 Å². The predicted octanol–water partition coefficient (Wildman–Crippen LogP) is 1.38. The standard InChI is InChI=1S/C22H32N5O9PS/c1-13(2)9-18(28)26-16(20(29)30)12-38-19-15-6-4-3-5-14(15)10-27(19)17(21(31)32)11-36-37(33,34)35-8-7-25-22(23)24/h3-6,10,13,16-17H,7-9,11-12H2,1-2H3,(H,26,28)(H,29,30)(H,31,32)(H,33,34)(H4,23,24,25)/t16-,17?/m0/s1. The number of hydrogen-bond donors (Lipinski definition) is 6. The van der Waals surface area contributed by atoms with Gasteiger partial charge < -0.3 is 36.5 Å². The van der Waals surface area contributed by atoms with E-state index >= 15 is 0 Å². The van der Waals surface area contributed by atoms with E-state index in [-0.39, 0.29) is 37.2 Å². The van der Waals surface area contributed by atoms with Crippen molar-refractivity contribution in [3.63, 3.8) is 0 Å². The molecule has 2 aromatic rings. The van der Waals surface area contributed by atoms with Crippen molar-refractivity contribution in [3.8, 4) is 0 Å². The number of nitrogens with zero attached hydrogens (tertiary/aromatic N) is 2. The Morgan fingerprint density at radius 3 is 2.45 bits per heavy atom. The Kier molecular flexibility index (Phi) is 11.6. The highest BCUT2D eigenvalue weighted by molar-refractivity contribution is 7.99. The molecule has 1 heterocycles. The topological polar surface area (TPSA) is 229 Å². The minimum Gasteiger partial charge on any atom is -0.480 e. The maximum atomic E-state index is 12.2. The van der Waals surface area contributed by atoms with Crippen LogP contribution in [-0.4, -0.2) is 75.0 Å². The Bertz CT molecular complexity index is 1220. The van der Waals surface area contributed by atoms with Crippen molar-refractivity contribution in [2.45, 2.75) is 37.4 Å². The van der Waals surface area contributed by atoms with Gasteiger partial charge in [0.1, 0.15) is 6.04 Å². The van der Waals surface area contributed by atoms with Crippen molar-refractivity contribution in [2.75, 3.05) is 25.5 Å². The molecule has 210 valence electrons. The number of carboxylic acid groups (broad SMARTS) is 2. The quantitative estimate of drug-likeness (QED) is 0.0550. The zero-order valence-electron chi connectivity index (χ0n) is 20.9. The fourth-order valence-electron chi connectivity index (χ4n) is 3.30. The number of aromatic nitrogens is 1. The summed E-state index contributed by atoms with van der Waals surface area (Å²) >= 11 is 1.03. The Morgan fingerprint density at radius 1 is 1.16 bits per heavy atom. The number of hydrogen-bond acceptors (Lipinski definition) is 8. The lowest BCUT2D eigenvalue weighted by Gasteiger charge is -2.20. The summed E-state index contributed by atoms with van der Waals surface area (Å²) in [6, 6.07) is 4.23. The van der Waals surface area contributed by atoms with Crippen LogP contribution >= 0.6 is 19.6 Å². The first-order chi connectivity index (χ1) is 17.8. The molecule has 3 atom stereocenters. The lowest BCUT2D eigenvalue weighted by atomic mass is 10.1. The van der Waals surface area contributed by atoms with Crippen LogP contribution in [0.2, 0.25) is 0 Å². The third-order valence-electron chi connectivity index (χ3n) is 4.97. The van der Waals surface area contributed by atoms with Crippen molar-refractivity contribution in [2.24, 2.45) is 22.4 Å². The number of phosphoric acid groups is 1. The summed E-state index contributed by atoms with van der Waals surface area (Å²) in [6.45, 7) is 2.46. The molecular formula is C22H32N5O9PS. The molecule has 1 amide bonds. The number of aliphatic imine (C=N–C) groups is 1. The van der Waals surface area contributed by atoms with Gasteiger partial charge in [-0.25, -0.2) is 14.2 Å². The van der Waals surface area contributed by atoms with Gasteiger partial charge in [-0.1, -0.05) is 38.1 Å². The second kappa shape index (κ2) is 14.2. The Labute approximate surface area is 223 Å². The summed E-state index contributed by atoms with van der Waals surface area (Å²) < 4.78 is 23.3. The largest absolute Gasteiger partial charge is 0.480 e. The molecule has 0 radical (unpaired) electrons. The van der Waals surface area contributed by atoms with Crippen LogP contribution in [0.15, 0.2) is 40.5 Å². The molecule has 0 saturated carbocycles. The minimum absolute atomic E-state index is 0.0348. The molecule has 8 N–H and O–H groups in total. The number of carbonyl (C=O) groups is 3. The first-order valence-corrected chi connectivity index (χ1v) is 13.9. The van der Waals surface area contributed by atoms with Crippen molar-refractivity contribution >= 4 is 54.2 Å². The predicted molar refractivity (Wildman–Crippen MR) is 141 cm³/mol. The number of nitrogens with two attached hydrogens (primary N) is 2. The number of nitrogens with one attached hydrogen (secondary N) is 1. The summed E-state index contributed by atoms with van der Waals surface area (Å²) in [5.74, 6) is -3.33. The molecule has 14 nitrogen and oxygen atoms in total. The summed E-state index contributed by atoms with van der Waals surface area (Å²) in [6.07, 6.45) is 1.68. The average molecular weight is 574 g/mol. The van der Waals surface area contributed by atoms with Gasteiger partial charge >= 0.3 is 19.8 Å². The number of guanidine groups is 1. The molecule has 2 rings (SSSR count). The highest BCUT2D eigenvalue weighted by atomic mass is 32.2. The summed E-state index contributed by atoms with van der Waals surface area (Å²) in [4.78, 5) is 49.6. The maximum Gasteiger partial charge on any atom is 0.472 e. The molecule has 1 aromatic carbocycles. The van der Waals surface area contributed by atoms with Crippen LogP contribution in [0.4, 0.5) is 0 Å². The molecule has 38 heavy (non-hydrogen) atoms. The van der Waals surface area contributed by atoms with Gasteiger partial charge in [0.05, 0.1) is 24.8 Å².